The van der Waals surface area contributed by atoms with Crippen LogP contribution in [0.4, 0.5) is 10.1 Å². The lowest BCUT2D eigenvalue weighted by molar-refractivity contribution is -0.122. The molecule has 0 aliphatic carbocycles. The van der Waals surface area contributed by atoms with Gasteiger partial charge in [0.05, 0.1) is 12.8 Å². The molecular weight excluding hydrogens is 391 g/mol. The van der Waals surface area contributed by atoms with E-state index in [1.165, 1.54) is 29.2 Å². The van der Waals surface area contributed by atoms with Crippen molar-refractivity contribution >= 4 is 40.9 Å². The highest BCUT2D eigenvalue weighted by molar-refractivity contribution is 7.80. The lowest BCUT2D eigenvalue weighted by Gasteiger charge is -2.29. The first-order valence-corrected chi connectivity index (χ1v) is 9.49. The van der Waals surface area contributed by atoms with Crippen molar-refractivity contribution in [3.8, 4) is 5.75 Å². The summed E-state index contributed by atoms with van der Waals surface area (Å²) in [5.74, 6) is -0.611. The Labute approximate surface area is 174 Å². The second-order valence-electron chi connectivity index (χ2n) is 7.04. The zero-order valence-electron chi connectivity index (χ0n) is 16.6. The SMILES string of the molecule is COc1cc(C)c(/C=C2/C(=O)NC(=S)N(c3ccc(F)cc3)C2=O)cc1C(C)C. The van der Waals surface area contributed by atoms with E-state index in [4.69, 9.17) is 17.0 Å². The second kappa shape index (κ2) is 8.13. The van der Waals surface area contributed by atoms with Crippen LogP contribution >= 0.6 is 12.2 Å². The third-order valence-electron chi connectivity index (χ3n) is 4.73. The van der Waals surface area contributed by atoms with E-state index >= 15 is 0 Å². The van der Waals surface area contributed by atoms with Gasteiger partial charge in [0.25, 0.3) is 11.8 Å². The van der Waals surface area contributed by atoms with Crippen LogP contribution < -0.4 is 15.0 Å². The lowest BCUT2D eigenvalue weighted by Crippen LogP contribution is -2.54. The van der Waals surface area contributed by atoms with Crippen LogP contribution in [0.3, 0.4) is 0 Å². The number of hydrogen-bond acceptors (Lipinski definition) is 4. The van der Waals surface area contributed by atoms with Gasteiger partial charge in [0.1, 0.15) is 17.1 Å². The average molecular weight is 412 g/mol. The standard InChI is InChI=1S/C22H21FN2O3S/c1-12(2)17-10-14(13(3)9-19(17)28-4)11-18-20(26)24-22(29)25(21(18)27)16-7-5-15(23)6-8-16/h5-12H,1-4H3,(H,24,26,29)/b18-11-. The molecule has 1 N–H and O–H groups in total. The summed E-state index contributed by atoms with van der Waals surface area (Å²) >= 11 is 5.16. The Morgan fingerprint density at radius 3 is 2.41 bits per heavy atom. The molecule has 0 aromatic heterocycles. The molecule has 2 aromatic rings. The van der Waals surface area contributed by atoms with Gasteiger partial charge in [-0.05, 0) is 84.2 Å². The number of carbonyl (C=O) groups is 2. The summed E-state index contributed by atoms with van der Waals surface area (Å²) in [6.45, 7) is 5.96. The normalized spacial score (nSPS) is 15.9. The van der Waals surface area contributed by atoms with Gasteiger partial charge < -0.3 is 4.74 Å². The number of nitrogens with one attached hydrogen (secondary N) is 1. The van der Waals surface area contributed by atoms with Crippen LogP contribution in [-0.4, -0.2) is 24.0 Å². The van der Waals surface area contributed by atoms with E-state index in [0.29, 0.717) is 5.69 Å². The first-order chi connectivity index (χ1) is 13.7. The summed E-state index contributed by atoms with van der Waals surface area (Å²) in [4.78, 5) is 26.8. The van der Waals surface area contributed by atoms with Crippen LogP contribution in [0.25, 0.3) is 6.08 Å². The Morgan fingerprint density at radius 1 is 1.17 bits per heavy atom. The minimum absolute atomic E-state index is 0.0434. The number of carbonyl (C=O) groups excluding carboxylic acids is 2. The predicted octanol–water partition coefficient (Wildman–Crippen LogP) is 4.10. The van der Waals surface area contributed by atoms with E-state index in [1.807, 2.05) is 32.9 Å². The number of anilines is 1. The summed E-state index contributed by atoms with van der Waals surface area (Å²) in [5.41, 5.74) is 2.90. The molecule has 3 rings (SSSR count). The van der Waals surface area contributed by atoms with Gasteiger partial charge in [0, 0.05) is 0 Å². The van der Waals surface area contributed by atoms with Gasteiger partial charge in [-0.3, -0.25) is 19.8 Å². The molecule has 1 fully saturated rings. The summed E-state index contributed by atoms with van der Waals surface area (Å²) in [6, 6.07) is 9.13. The molecule has 0 atom stereocenters. The fourth-order valence-electron chi connectivity index (χ4n) is 3.14. The van der Waals surface area contributed by atoms with Gasteiger partial charge in [0.2, 0.25) is 0 Å². The van der Waals surface area contributed by atoms with Crippen LogP contribution in [0.15, 0.2) is 42.0 Å². The number of benzene rings is 2. The Balaban J connectivity index is 2.07. The number of halogens is 1. The molecule has 2 aromatic carbocycles. The van der Waals surface area contributed by atoms with Crippen LogP contribution in [0.1, 0.15) is 36.5 Å². The molecule has 150 valence electrons. The Kier molecular flexibility index (Phi) is 5.79. The van der Waals surface area contributed by atoms with Crippen molar-refractivity contribution in [2.24, 2.45) is 0 Å². The molecule has 0 saturated carbocycles. The molecule has 7 heteroatoms. The largest absolute Gasteiger partial charge is 0.496 e. The second-order valence-corrected chi connectivity index (χ2v) is 7.43. The molecular formula is C22H21FN2O3S. The zero-order chi connectivity index (χ0) is 21.3. The molecule has 1 saturated heterocycles. The van der Waals surface area contributed by atoms with Crippen molar-refractivity contribution in [2.75, 3.05) is 12.0 Å². The maximum absolute atomic E-state index is 13.3. The van der Waals surface area contributed by atoms with Crippen molar-refractivity contribution in [2.45, 2.75) is 26.7 Å². The van der Waals surface area contributed by atoms with Gasteiger partial charge in [-0.15, -0.1) is 0 Å². The maximum atomic E-state index is 13.3. The van der Waals surface area contributed by atoms with Crippen LogP contribution in [0, 0.1) is 12.7 Å². The fraction of sp³-hybridized carbons (Fsp3) is 0.227. The Hall–Kier alpha value is -3.06. The smallest absolute Gasteiger partial charge is 0.270 e. The quantitative estimate of drug-likeness (QED) is 0.467. The number of hydrogen-bond donors (Lipinski definition) is 1. The highest BCUT2D eigenvalue weighted by Gasteiger charge is 2.34. The van der Waals surface area contributed by atoms with Gasteiger partial charge in [-0.2, -0.15) is 0 Å². The zero-order valence-corrected chi connectivity index (χ0v) is 17.4. The average Bonchev–Trinajstić information content (AvgIpc) is 2.67. The van der Waals surface area contributed by atoms with Gasteiger partial charge >= 0.3 is 0 Å². The highest BCUT2D eigenvalue weighted by atomic mass is 32.1. The van der Waals surface area contributed by atoms with Crippen LogP contribution in [-0.2, 0) is 9.59 Å². The van der Waals surface area contributed by atoms with Crippen molar-refractivity contribution in [1.82, 2.24) is 5.32 Å². The van der Waals surface area contributed by atoms with Crippen molar-refractivity contribution in [1.29, 1.82) is 0 Å². The summed E-state index contributed by atoms with van der Waals surface area (Å²) < 4.78 is 18.7. The topological polar surface area (TPSA) is 58.6 Å². The molecule has 0 unspecified atom stereocenters. The molecule has 1 aliphatic heterocycles. The number of amides is 2. The third-order valence-corrected chi connectivity index (χ3v) is 5.01. The number of methoxy groups -OCH3 is 1. The van der Waals surface area contributed by atoms with Crippen molar-refractivity contribution in [3.05, 3.63) is 64.5 Å². The molecule has 2 amide bonds. The monoisotopic (exact) mass is 412 g/mol. The first kappa shape index (κ1) is 20.7. The van der Waals surface area contributed by atoms with E-state index in [0.717, 1.165) is 22.4 Å². The molecule has 0 spiro atoms. The lowest BCUT2D eigenvalue weighted by atomic mass is 9.95. The minimum atomic E-state index is -0.570. The van der Waals surface area contributed by atoms with Gasteiger partial charge in [-0.25, -0.2) is 4.39 Å². The molecule has 29 heavy (non-hydrogen) atoms. The fourth-order valence-corrected chi connectivity index (χ4v) is 3.42. The number of nitrogens with zero attached hydrogens (tertiary/aromatic N) is 1. The molecule has 0 radical (unpaired) electrons. The Bertz CT molecular complexity index is 1030. The van der Waals surface area contributed by atoms with Crippen molar-refractivity contribution < 1.29 is 18.7 Å². The number of aryl methyl sites for hydroxylation is 1. The summed E-state index contributed by atoms with van der Waals surface area (Å²) in [7, 11) is 1.61. The summed E-state index contributed by atoms with van der Waals surface area (Å²) in [6.07, 6.45) is 1.55. The van der Waals surface area contributed by atoms with E-state index < -0.39 is 17.6 Å². The van der Waals surface area contributed by atoms with E-state index in [9.17, 15) is 14.0 Å². The van der Waals surface area contributed by atoms with E-state index in [-0.39, 0.29) is 16.6 Å². The van der Waals surface area contributed by atoms with Crippen LogP contribution in [0.2, 0.25) is 0 Å². The third kappa shape index (κ3) is 4.05. The number of rotatable bonds is 4. The number of thiocarbonyl (C=S) groups is 1. The molecule has 5 nitrogen and oxygen atoms in total. The molecule has 0 bridgehead atoms. The number of ether oxygens (including phenoxy) is 1. The van der Waals surface area contributed by atoms with Crippen LogP contribution in [0.5, 0.6) is 5.75 Å². The van der Waals surface area contributed by atoms with Gasteiger partial charge in [0.15, 0.2) is 5.11 Å². The maximum Gasteiger partial charge on any atom is 0.270 e. The highest BCUT2D eigenvalue weighted by Crippen LogP contribution is 2.31. The molecule has 1 aliphatic rings. The van der Waals surface area contributed by atoms with E-state index in [2.05, 4.69) is 5.32 Å². The molecule has 1 heterocycles. The summed E-state index contributed by atoms with van der Waals surface area (Å²) in [5, 5.41) is 2.49. The first-order valence-electron chi connectivity index (χ1n) is 9.08. The Morgan fingerprint density at radius 2 is 1.83 bits per heavy atom. The van der Waals surface area contributed by atoms with Crippen molar-refractivity contribution in [3.63, 3.8) is 0 Å². The predicted molar refractivity (Wildman–Crippen MR) is 114 cm³/mol. The van der Waals surface area contributed by atoms with Gasteiger partial charge in [-0.1, -0.05) is 13.8 Å². The minimum Gasteiger partial charge on any atom is -0.496 e. The van der Waals surface area contributed by atoms with E-state index in [1.54, 1.807) is 13.2 Å².